The number of halogens is 1. The lowest BCUT2D eigenvalue weighted by Gasteiger charge is -2.32. The summed E-state index contributed by atoms with van der Waals surface area (Å²) in [5.41, 5.74) is 0.947. The second-order valence-electron chi connectivity index (χ2n) is 5.68. The summed E-state index contributed by atoms with van der Waals surface area (Å²) >= 11 is 3.41. The quantitative estimate of drug-likeness (QED) is 0.838. The number of piperidine rings is 1. The zero-order valence-electron chi connectivity index (χ0n) is 13.2. The molecule has 0 aliphatic carbocycles. The lowest BCUT2D eigenvalue weighted by Crippen LogP contribution is -2.42. The van der Waals surface area contributed by atoms with Gasteiger partial charge in [0.05, 0.1) is 7.11 Å². The minimum atomic E-state index is -3.54. The van der Waals surface area contributed by atoms with Crippen molar-refractivity contribution in [3.05, 3.63) is 22.2 Å². The highest BCUT2D eigenvalue weighted by molar-refractivity contribution is 9.10. The summed E-state index contributed by atoms with van der Waals surface area (Å²) in [7, 11) is -0.147. The molecule has 1 N–H and O–H groups in total. The molecular formula is C15H23BrN2O3S. The molecule has 0 bridgehead atoms. The number of nitrogens with one attached hydrogen (secondary N) is 1. The van der Waals surface area contributed by atoms with E-state index in [0.29, 0.717) is 24.8 Å². The van der Waals surface area contributed by atoms with Crippen molar-refractivity contribution in [2.45, 2.75) is 24.7 Å². The van der Waals surface area contributed by atoms with Crippen molar-refractivity contribution in [3.8, 4) is 5.75 Å². The van der Waals surface area contributed by atoms with Gasteiger partial charge in [0.15, 0.2) is 0 Å². The molecule has 0 unspecified atom stereocenters. The van der Waals surface area contributed by atoms with Gasteiger partial charge in [-0.25, -0.2) is 8.42 Å². The number of ether oxygens (including phenoxy) is 1. The molecule has 0 radical (unpaired) electrons. The van der Waals surface area contributed by atoms with E-state index in [-0.39, 0.29) is 4.90 Å². The Kier molecular flexibility index (Phi) is 5.87. The lowest BCUT2D eigenvalue weighted by atomic mass is 10.00. The summed E-state index contributed by atoms with van der Waals surface area (Å²) in [6, 6.07) is 3.40. The average Bonchev–Trinajstić information content (AvgIpc) is 2.50. The van der Waals surface area contributed by atoms with Crippen molar-refractivity contribution in [2.24, 2.45) is 5.92 Å². The molecular weight excluding hydrogens is 368 g/mol. The molecule has 1 fully saturated rings. The number of hydrogen-bond donors (Lipinski definition) is 1. The van der Waals surface area contributed by atoms with Crippen molar-refractivity contribution >= 4 is 26.0 Å². The zero-order valence-corrected chi connectivity index (χ0v) is 15.6. The first-order valence-corrected chi connectivity index (χ1v) is 9.62. The Hall–Kier alpha value is -0.630. The summed E-state index contributed by atoms with van der Waals surface area (Å²) < 4.78 is 33.6. The molecule has 1 aromatic carbocycles. The van der Waals surface area contributed by atoms with Crippen molar-refractivity contribution in [3.63, 3.8) is 0 Å². The molecule has 1 saturated heterocycles. The zero-order chi connectivity index (χ0) is 16.3. The molecule has 2 rings (SSSR count). The van der Waals surface area contributed by atoms with E-state index in [2.05, 4.69) is 21.2 Å². The smallest absolute Gasteiger partial charge is 0.246 e. The van der Waals surface area contributed by atoms with Crippen molar-refractivity contribution in [1.82, 2.24) is 9.62 Å². The molecule has 1 aliphatic rings. The minimum absolute atomic E-state index is 0.234. The number of nitrogens with zero attached hydrogens (tertiary/aromatic N) is 1. The summed E-state index contributed by atoms with van der Waals surface area (Å²) in [4.78, 5) is 0.234. The van der Waals surface area contributed by atoms with Crippen LogP contribution in [0.25, 0.3) is 0 Å². The van der Waals surface area contributed by atoms with Crippen LogP contribution in [0, 0.1) is 12.8 Å². The maximum absolute atomic E-state index is 13.0. The van der Waals surface area contributed by atoms with Gasteiger partial charge in [0.2, 0.25) is 10.0 Å². The highest BCUT2D eigenvalue weighted by Crippen LogP contribution is 2.33. The Morgan fingerprint density at radius 1 is 1.45 bits per heavy atom. The van der Waals surface area contributed by atoms with Crippen molar-refractivity contribution in [1.29, 1.82) is 0 Å². The van der Waals surface area contributed by atoms with E-state index in [9.17, 15) is 8.42 Å². The van der Waals surface area contributed by atoms with Gasteiger partial charge in [0.25, 0.3) is 0 Å². The third kappa shape index (κ3) is 3.64. The van der Waals surface area contributed by atoms with E-state index in [1.54, 1.807) is 16.4 Å². The lowest BCUT2D eigenvalue weighted by molar-refractivity contribution is 0.262. The molecule has 1 atom stereocenters. The standard InChI is InChI=1S/C15H23BrN2O3S/c1-11-7-14(21-3)15(8-13(11)16)22(19,20)18-6-4-5-12(10-18)9-17-2/h7-8,12,17H,4-6,9-10H2,1-3H3/t12-/m1/s1. The van der Waals surface area contributed by atoms with Crippen LogP contribution >= 0.6 is 15.9 Å². The van der Waals surface area contributed by atoms with E-state index >= 15 is 0 Å². The first-order valence-electron chi connectivity index (χ1n) is 7.39. The second-order valence-corrected chi connectivity index (χ2v) is 8.44. The number of aryl methyl sites for hydroxylation is 1. The van der Waals surface area contributed by atoms with Crippen LogP contribution in [-0.2, 0) is 10.0 Å². The number of hydrogen-bond acceptors (Lipinski definition) is 4. The molecule has 7 heteroatoms. The highest BCUT2D eigenvalue weighted by Gasteiger charge is 2.32. The highest BCUT2D eigenvalue weighted by atomic mass is 79.9. The van der Waals surface area contributed by atoms with Gasteiger partial charge in [-0.15, -0.1) is 0 Å². The van der Waals surface area contributed by atoms with Crippen LogP contribution in [0.1, 0.15) is 18.4 Å². The third-order valence-electron chi connectivity index (χ3n) is 4.04. The molecule has 5 nitrogen and oxygen atoms in total. The Balaban J connectivity index is 2.36. The van der Waals surface area contributed by atoms with Crippen molar-refractivity contribution in [2.75, 3.05) is 33.8 Å². The minimum Gasteiger partial charge on any atom is -0.495 e. The third-order valence-corrected chi connectivity index (χ3v) is 6.78. The predicted molar refractivity (Wildman–Crippen MR) is 90.8 cm³/mol. The normalized spacial score (nSPS) is 20.1. The monoisotopic (exact) mass is 390 g/mol. The van der Waals surface area contributed by atoms with Gasteiger partial charge >= 0.3 is 0 Å². The Bertz CT molecular complexity index is 632. The molecule has 1 aliphatic heterocycles. The SMILES string of the molecule is CNC[C@H]1CCCN(S(=O)(=O)c2cc(Br)c(C)cc2OC)C1. The van der Waals surface area contributed by atoms with Crippen LogP contribution in [0.4, 0.5) is 0 Å². The maximum atomic E-state index is 13.0. The van der Waals surface area contributed by atoms with Crippen molar-refractivity contribution < 1.29 is 13.2 Å². The van der Waals surface area contributed by atoms with Gasteiger partial charge in [-0.2, -0.15) is 4.31 Å². The van der Waals surface area contributed by atoms with Gasteiger partial charge in [0, 0.05) is 17.6 Å². The van der Waals surface area contributed by atoms with Gasteiger partial charge in [0.1, 0.15) is 10.6 Å². The fourth-order valence-electron chi connectivity index (χ4n) is 2.84. The molecule has 1 heterocycles. The van der Waals surface area contributed by atoms with E-state index in [1.807, 2.05) is 14.0 Å². The average molecular weight is 391 g/mol. The van der Waals surface area contributed by atoms with Gasteiger partial charge in [-0.05, 0) is 57.0 Å². The van der Waals surface area contributed by atoms with Gasteiger partial charge in [-0.3, -0.25) is 0 Å². The molecule has 0 saturated carbocycles. The largest absolute Gasteiger partial charge is 0.495 e. The molecule has 0 amide bonds. The maximum Gasteiger partial charge on any atom is 0.246 e. The van der Waals surface area contributed by atoms with E-state index in [1.165, 1.54) is 7.11 Å². The van der Waals surface area contributed by atoms with Crippen LogP contribution in [0.2, 0.25) is 0 Å². The number of rotatable bonds is 5. The van der Waals surface area contributed by atoms with Crippen LogP contribution in [0.15, 0.2) is 21.5 Å². The van der Waals surface area contributed by atoms with Crippen LogP contribution in [0.5, 0.6) is 5.75 Å². The fourth-order valence-corrected chi connectivity index (χ4v) is 5.05. The van der Waals surface area contributed by atoms with Gasteiger partial charge < -0.3 is 10.1 Å². The predicted octanol–water partition coefficient (Wildman–Crippen LogP) is 2.39. The van der Waals surface area contributed by atoms with Crippen LogP contribution < -0.4 is 10.1 Å². The molecule has 0 aromatic heterocycles. The number of methoxy groups -OCH3 is 1. The van der Waals surface area contributed by atoms with E-state index in [0.717, 1.165) is 29.4 Å². The summed E-state index contributed by atoms with van der Waals surface area (Å²) in [5, 5.41) is 3.13. The van der Waals surface area contributed by atoms with E-state index < -0.39 is 10.0 Å². The van der Waals surface area contributed by atoms with Crippen LogP contribution in [0.3, 0.4) is 0 Å². The summed E-state index contributed by atoms with van der Waals surface area (Å²) in [6.45, 7) is 3.86. The van der Waals surface area contributed by atoms with E-state index in [4.69, 9.17) is 4.74 Å². The topological polar surface area (TPSA) is 58.6 Å². The van der Waals surface area contributed by atoms with Gasteiger partial charge in [-0.1, -0.05) is 15.9 Å². The summed E-state index contributed by atoms with van der Waals surface area (Å²) in [6.07, 6.45) is 1.95. The van der Waals surface area contributed by atoms with Crippen LogP contribution in [-0.4, -0.2) is 46.5 Å². The molecule has 124 valence electrons. The first-order chi connectivity index (χ1) is 10.4. The fraction of sp³-hybridized carbons (Fsp3) is 0.600. The number of benzene rings is 1. The molecule has 1 aromatic rings. The Morgan fingerprint density at radius 3 is 2.82 bits per heavy atom. The number of sulfonamides is 1. The Morgan fingerprint density at radius 2 is 2.18 bits per heavy atom. The molecule has 22 heavy (non-hydrogen) atoms. The Labute approximate surface area is 141 Å². The molecule has 0 spiro atoms. The first kappa shape index (κ1) is 17.7. The summed E-state index contributed by atoms with van der Waals surface area (Å²) in [5.74, 6) is 0.754. The second kappa shape index (κ2) is 7.29.